The number of nitrogens with one attached hydrogen (secondary N) is 1. The highest BCUT2D eigenvalue weighted by atomic mass is 32.1. The molecule has 1 aliphatic heterocycles. The predicted molar refractivity (Wildman–Crippen MR) is 115 cm³/mol. The molecule has 0 radical (unpaired) electrons. The number of carbonyl (C=O) groups excluding carboxylic acids is 1. The van der Waals surface area contributed by atoms with Gasteiger partial charge in [-0.2, -0.15) is 5.10 Å². The molecule has 0 aliphatic carbocycles. The van der Waals surface area contributed by atoms with Crippen LogP contribution in [0.5, 0.6) is 0 Å². The van der Waals surface area contributed by atoms with Crippen LogP contribution in [0.25, 0.3) is 11.3 Å². The second-order valence-electron chi connectivity index (χ2n) is 7.72. The van der Waals surface area contributed by atoms with Gasteiger partial charge in [0.15, 0.2) is 5.13 Å². The minimum atomic E-state index is -0.0121. The molecule has 1 saturated heterocycles. The Morgan fingerprint density at radius 2 is 1.93 bits per heavy atom. The van der Waals surface area contributed by atoms with Crippen molar-refractivity contribution in [2.24, 2.45) is 0 Å². The number of aryl methyl sites for hydroxylation is 3. The number of thiazole rings is 1. The summed E-state index contributed by atoms with van der Waals surface area (Å²) < 4.78 is 1.92. The van der Waals surface area contributed by atoms with Gasteiger partial charge < -0.3 is 5.32 Å². The lowest BCUT2D eigenvalue weighted by Crippen LogP contribution is -2.39. The molecule has 4 rings (SSSR count). The first-order valence-electron chi connectivity index (χ1n) is 9.89. The molecule has 0 saturated carbocycles. The van der Waals surface area contributed by atoms with Gasteiger partial charge >= 0.3 is 0 Å². The van der Waals surface area contributed by atoms with Crippen LogP contribution >= 0.6 is 11.3 Å². The molecule has 3 heterocycles. The standard InChI is InChI=1S/C21H26N6OS/c1-14-8-16(3)18(9-15(14)2)19-11-29-21(24-19)25-20(28)10-26-6-4-17(5-7-26)27-13-22-12-23-27/h8-9,11-13,17H,4-7,10H2,1-3H3,(H,24,25,28). The molecule has 29 heavy (non-hydrogen) atoms. The molecular formula is C21H26N6OS. The highest BCUT2D eigenvalue weighted by Crippen LogP contribution is 2.29. The van der Waals surface area contributed by atoms with E-state index in [1.165, 1.54) is 28.0 Å². The fourth-order valence-electron chi connectivity index (χ4n) is 3.80. The van der Waals surface area contributed by atoms with E-state index in [0.717, 1.165) is 37.2 Å². The van der Waals surface area contributed by atoms with Crippen LogP contribution in [0.15, 0.2) is 30.2 Å². The molecule has 7 nitrogen and oxygen atoms in total. The second-order valence-corrected chi connectivity index (χ2v) is 8.58. The van der Waals surface area contributed by atoms with E-state index < -0.39 is 0 Å². The number of aromatic nitrogens is 4. The van der Waals surface area contributed by atoms with E-state index in [2.05, 4.69) is 58.2 Å². The summed E-state index contributed by atoms with van der Waals surface area (Å²) in [6.07, 6.45) is 5.29. The van der Waals surface area contributed by atoms with Crippen LogP contribution in [0.3, 0.4) is 0 Å². The maximum absolute atomic E-state index is 12.5. The summed E-state index contributed by atoms with van der Waals surface area (Å²) in [5.74, 6) is -0.0121. The zero-order valence-electron chi connectivity index (χ0n) is 17.1. The van der Waals surface area contributed by atoms with Gasteiger partial charge in [-0.1, -0.05) is 6.07 Å². The van der Waals surface area contributed by atoms with Crippen molar-refractivity contribution in [2.45, 2.75) is 39.7 Å². The van der Waals surface area contributed by atoms with Gasteiger partial charge in [-0.05, 0) is 56.4 Å². The van der Waals surface area contributed by atoms with Gasteiger partial charge in [-0.15, -0.1) is 11.3 Å². The van der Waals surface area contributed by atoms with Crippen LogP contribution in [0.1, 0.15) is 35.6 Å². The highest BCUT2D eigenvalue weighted by Gasteiger charge is 2.22. The topological polar surface area (TPSA) is 75.9 Å². The maximum Gasteiger partial charge on any atom is 0.240 e. The molecule has 1 N–H and O–H groups in total. The Balaban J connectivity index is 1.32. The van der Waals surface area contributed by atoms with E-state index >= 15 is 0 Å². The fourth-order valence-corrected chi connectivity index (χ4v) is 4.53. The SMILES string of the molecule is Cc1cc(C)c(-c2csc(NC(=O)CN3CCC(n4cncn4)CC3)n2)cc1C. The molecule has 3 aromatic rings. The van der Waals surface area contributed by atoms with Crippen molar-refractivity contribution in [3.8, 4) is 11.3 Å². The molecule has 0 bridgehead atoms. The molecular weight excluding hydrogens is 384 g/mol. The zero-order chi connectivity index (χ0) is 20.4. The maximum atomic E-state index is 12.5. The number of likely N-dealkylation sites (tertiary alicyclic amines) is 1. The van der Waals surface area contributed by atoms with Crippen LogP contribution in [0.2, 0.25) is 0 Å². The number of rotatable bonds is 5. The zero-order valence-corrected chi connectivity index (χ0v) is 17.9. The summed E-state index contributed by atoms with van der Waals surface area (Å²) in [6.45, 7) is 8.47. The Bertz CT molecular complexity index is 989. The lowest BCUT2D eigenvalue weighted by atomic mass is 9.99. The monoisotopic (exact) mass is 410 g/mol. The number of carbonyl (C=O) groups is 1. The molecule has 0 spiro atoms. The van der Waals surface area contributed by atoms with Gasteiger partial charge in [-0.3, -0.25) is 9.69 Å². The van der Waals surface area contributed by atoms with Crippen LogP contribution in [-0.2, 0) is 4.79 Å². The number of hydrogen-bond acceptors (Lipinski definition) is 6. The van der Waals surface area contributed by atoms with Gasteiger partial charge in [0.05, 0.1) is 18.3 Å². The van der Waals surface area contributed by atoms with E-state index in [-0.39, 0.29) is 5.91 Å². The number of amides is 1. The van der Waals surface area contributed by atoms with E-state index in [4.69, 9.17) is 0 Å². The third-order valence-corrected chi connectivity index (χ3v) is 6.36. The van der Waals surface area contributed by atoms with Crippen LogP contribution in [0, 0.1) is 20.8 Å². The Morgan fingerprint density at radius 1 is 1.17 bits per heavy atom. The number of benzene rings is 1. The van der Waals surface area contributed by atoms with Gasteiger partial charge in [0.1, 0.15) is 12.7 Å². The summed E-state index contributed by atoms with van der Waals surface area (Å²) in [4.78, 5) is 23.3. The van der Waals surface area contributed by atoms with E-state index in [1.807, 2.05) is 10.1 Å². The number of hydrogen-bond donors (Lipinski definition) is 1. The van der Waals surface area contributed by atoms with Crippen LogP contribution < -0.4 is 5.32 Å². The second kappa shape index (κ2) is 8.42. The minimum Gasteiger partial charge on any atom is -0.301 e. The first kappa shape index (κ1) is 19.7. The average molecular weight is 411 g/mol. The Hall–Kier alpha value is -2.58. The normalized spacial score (nSPS) is 15.6. The fraction of sp³-hybridized carbons (Fsp3) is 0.429. The molecule has 0 atom stereocenters. The third-order valence-electron chi connectivity index (χ3n) is 5.60. The van der Waals surface area contributed by atoms with E-state index in [9.17, 15) is 4.79 Å². The molecule has 152 valence electrons. The molecule has 1 amide bonds. The average Bonchev–Trinajstić information content (AvgIpc) is 3.37. The van der Waals surface area contributed by atoms with Gasteiger partial charge in [0.2, 0.25) is 5.91 Å². The van der Waals surface area contributed by atoms with E-state index in [1.54, 1.807) is 12.7 Å². The molecule has 1 fully saturated rings. The van der Waals surface area contributed by atoms with Crippen molar-refractivity contribution in [2.75, 3.05) is 25.0 Å². The minimum absolute atomic E-state index is 0.0121. The summed E-state index contributed by atoms with van der Waals surface area (Å²) in [6, 6.07) is 4.73. The molecule has 1 aliphatic rings. The van der Waals surface area contributed by atoms with Crippen molar-refractivity contribution < 1.29 is 4.79 Å². The number of anilines is 1. The van der Waals surface area contributed by atoms with Crippen LogP contribution in [0.4, 0.5) is 5.13 Å². The molecule has 0 unspecified atom stereocenters. The largest absolute Gasteiger partial charge is 0.301 e. The third kappa shape index (κ3) is 4.54. The molecule has 2 aromatic heterocycles. The molecule has 1 aromatic carbocycles. The summed E-state index contributed by atoms with van der Waals surface area (Å²) in [5, 5.41) is 9.85. The van der Waals surface area contributed by atoms with Gasteiger partial charge in [0.25, 0.3) is 0 Å². The molecule has 8 heteroatoms. The first-order chi connectivity index (χ1) is 14.0. The van der Waals surface area contributed by atoms with Crippen LogP contribution in [-0.4, -0.2) is 50.2 Å². The van der Waals surface area contributed by atoms with Crippen molar-refractivity contribution in [3.05, 3.63) is 46.9 Å². The number of piperidine rings is 1. The van der Waals surface area contributed by atoms with Crippen molar-refractivity contribution in [1.29, 1.82) is 0 Å². The quantitative estimate of drug-likeness (QED) is 0.695. The smallest absolute Gasteiger partial charge is 0.240 e. The lowest BCUT2D eigenvalue weighted by Gasteiger charge is -2.31. The lowest BCUT2D eigenvalue weighted by molar-refractivity contribution is -0.117. The summed E-state index contributed by atoms with van der Waals surface area (Å²) in [7, 11) is 0. The predicted octanol–water partition coefficient (Wildman–Crippen LogP) is 3.60. The first-order valence-corrected chi connectivity index (χ1v) is 10.8. The summed E-state index contributed by atoms with van der Waals surface area (Å²) in [5.41, 5.74) is 5.77. The van der Waals surface area contributed by atoms with Gasteiger partial charge in [0, 0.05) is 24.0 Å². The Morgan fingerprint density at radius 3 is 2.66 bits per heavy atom. The van der Waals surface area contributed by atoms with Crippen molar-refractivity contribution in [1.82, 2.24) is 24.6 Å². The van der Waals surface area contributed by atoms with Crippen molar-refractivity contribution >= 4 is 22.4 Å². The summed E-state index contributed by atoms with van der Waals surface area (Å²) >= 11 is 1.47. The Kier molecular flexibility index (Phi) is 5.73. The number of nitrogens with zero attached hydrogens (tertiary/aromatic N) is 5. The highest BCUT2D eigenvalue weighted by molar-refractivity contribution is 7.14. The Labute approximate surface area is 174 Å². The van der Waals surface area contributed by atoms with Gasteiger partial charge in [-0.25, -0.2) is 14.6 Å². The van der Waals surface area contributed by atoms with E-state index in [0.29, 0.717) is 17.7 Å². The van der Waals surface area contributed by atoms with Crippen molar-refractivity contribution in [3.63, 3.8) is 0 Å².